The molecule has 2 rings (SSSR count). The van der Waals surface area contributed by atoms with E-state index in [4.69, 9.17) is 9.47 Å². The van der Waals surface area contributed by atoms with Crippen LogP contribution in [0.15, 0.2) is 12.1 Å². The number of ether oxygens (including phenoxy) is 2. The predicted molar refractivity (Wildman–Crippen MR) is 90.9 cm³/mol. The fourth-order valence-corrected chi connectivity index (χ4v) is 3.01. The first-order valence-corrected chi connectivity index (χ1v) is 8.28. The minimum Gasteiger partial charge on any atom is -0.496 e. The fourth-order valence-electron chi connectivity index (χ4n) is 3.01. The van der Waals surface area contributed by atoms with E-state index in [1.165, 1.54) is 0 Å². The molecule has 1 saturated heterocycles. The molecular weight excluding hydrogens is 308 g/mol. The smallest absolute Gasteiger partial charge is 0.307 e. The van der Waals surface area contributed by atoms with Gasteiger partial charge in [0.1, 0.15) is 11.8 Å². The molecule has 1 N–H and O–H groups in total. The molecule has 1 aromatic carbocycles. The summed E-state index contributed by atoms with van der Waals surface area (Å²) < 4.78 is 10.4. The van der Waals surface area contributed by atoms with E-state index in [1.807, 2.05) is 24.0 Å². The molecule has 24 heavy (non-hydrogen) atoms. The number of nitrogens with one attached hydrogen (secondary N) is 1. The lowest BCUT2D eigenvalue weighted by atomic mass is 10.00. The zero-order valence-corrected chi connectivity index (χ0v) is 14.8. The van der Waals surface area contributed by atoms with Crippen molar-refractivity contribution in [2.24, 2.45) is 0 Å². The molecule has 1 aliphatic heterocycles. The van der Waals surface area contributed by atoms with Crippen LogP contribution < -0.4 is 10.1 Å². The maximum Gasteiger partial charge on any atom is 0.307 e. The Morgan fingerprint density at radius 2 is 2.08 bits per heavy atom. The monoisotopic (exact) mass is 334 g/mol. The van der Waals surface area contributed by atoms with Gasteiger partial charge in [-0.25, -0.2) is 0 Å². The van der Waals surface area contributed by atoms with Gasteiger partial charge < -0.3 is 14.8 Å². The van der Waals surface area contributed by atoms with E-state index in [9.17, 15) is 9.59 Å². The van der Waals surface area contributed by atoms with E-state index in [0.29, 0.717) is 26.2 Å². The number of nitrogens with zero attached hydrogens (tertiary/aromatic N) is 1. The van der Waals surface area contributed by atoms with E-state index in [1.54, 1.807) is 14.0 Å². The molecular formula is C18H26N2O4. The molecule has 6 nitrogen and oxygen atoms in total. The zero-order chi connectivity index (χ0) is 17.7. The minimum absolute atomic E-state index is 0.0772. The number of amides is 1. The standard InChI is InChI=1S/C18H26N2O4/c1-5-24-17(21)10-15-18(22)19-8-9-20(15)11-14-6-7-16(23-4)13(3)12(14)2/h6-7,15H,5,8-11H2,1-4H3,(H,19,22). The lowest BCUT2D eigenvalue weighted by molar-refractivity contribution is -0.148. The first-order valence-electron chi connectivity index (χ1n) is 8.28. The summed E-state index contributed by atoms with van der Waals surface area (Å²) in [5, 5.41) is 2.83. The average Bonchev–Trinajstić information content (AvgIpc) is 2.55. The third kappa shape index (κ3) is 4.06. The van der Waals surface area contributed by atoms with Gasteiger partial charge in [0.2, 0.25) is 5.91 Å². The van der Waals surface area contributed by atoms with Crippen molar-refractivity contribution in [1.29, 1.82) is 0 Å². The van der Waals surface area contributed by atoms with Gasteiger partial charge in [-0.1, -0.05) is 6.07 Å². The van der Waals surface area contributed by atoms with Gasteiger partial charge in [0.15, 0.2) is 0 Å². The molecule has 0 aromatic heterocycles. The van der Waals surface area contributed by atoms with Crippen molar-refractivity contribution in [3.8, 4) is 5.75 Å². The Hall–Kier alpha value is -2.08. The molecule has 132 valence electrons. The molecule has 1 heterocycles. The van der Waals surface area contributed by atoms with Gasteiger partial charge in [-0.2, -0.15) is 0 Å². The van der Waals surface area contributed by atoms with Gasteiger partial charge >= 0.3 is 5.97 Å². The zero-order valence-electron chi connectivity index (χ0n) is 14.8. The predicted octanol–water partition coefficient (Wildman–Crippen LogP) is 1.57. The first kappa shape index (κ1) is 18.3. The first-order chi connectivity index (χ1) is 11.5. The average molecular weight is 334 g/mol. The maximum absolute atomic E-state index is 12.2. The Kier molecular flexibility index (Phi) is 6.20. The molecule has 1 fully saturated rings. The number of carbonyl (C=O) groups excluding carboxylic acids is 2. The molecule has 1 atom stereocenters. The number of hydrogen-bond acceptors (Lipinski definition) is 5. The van der Waals surface area contributed by atoms with Gasteiger partial charge in [-0.3, -0.25) is 14.5 Å². The Morgan fingerprint density at radius 1 is 1.33 bits per heavy atom. The Bertz CT molecular complexity index is 615. The number of carbonyl (C=O) groups is 2. The molecule has 0 saturated carbocycles. The second-order valence-corrected chi connectivity index (χ2v) is 5.96. The van der Waals surface area contributed by atoms with Crippen molar-refractivity contribution < 1.29 is 19.1 Å². The lowest BCUT2D eigenvalue weighted by Gasteiger charge is -2.35. The van der Waals surface area contributed by atoms with Crippen LogP contribution in [0.3, 0.4) is 0 Å². The van der Waals surface area contributed by atoms with E-state index in [0.717, 1.165) is 22.4 Å². The van der Waals surface area contributed by atoms with Gasteiger partial charge in [0, 0.05) is 19.6 Å². The number of methoxy groups -OCH3 is 1. The summed E-state index contributed by atoms with van der Waals surface area (Å²) in [6.45, 7) is 8.08. The summed E-state index contributed by atoms with van der Waals surface area (Å²) in [6, 6.07) is 3.48. The number of hydrogen-bond donors (Lipinski definition) is 1. The SMILES string of the molecule is CCOC(=O)CC1C(=O)NCCN1Cc1ccc(OC)c(C)c1C. The third-order valence-electron chi connectivity index (χ3n) is 4.55. The molecule has 6 heteroatoms. The summed E-state index contributed by atoms with van der Waals surface area (Å²) in [5.74, 6) is 0.403. The molecule has 0 radical (unpaired) electrons. The van der Waals surface area contributed by atoms with Crippen molar-refractivity contribution in [1.82, 2.24) is 10.2 Å². The number of piperazine rings is 1. The van der Waals surface area contributed by atoms with Crippen LogP contribution in [0.1, 0.15) is 30.0 Å². The topological polar surface area (TPSA) is 67.9 Å². The molecule has 1 aromatic rings. The third-order valence-corrected chi connectivity index (χ3v) is 4.55. The summed E-state index contributed by atoms with van der Waals surface area (Å²) in [6.07, 6.45) is 0.0772. The number of rotatable bonds is 6. The lowest BCUT2D eigenvalue weighted by Crippen LogP contribution is -2.55. The number of esters is 1. The summed E-state index contributed by atoms with van der Waals surface area (Å²) in [7, 11) is 1.66. The summed E-state index contributed by atoms with van der Waals surface area (Å²) >= 11 is 0. The van der Waals surface area contributed by atoms with Gasteiger partial charge in [0.25, 0.3) is 0 Å². The largest absolute Gasteiger partial charge is 0.496 e. The van der Waals surface area contributed by atoms with E-state index in [-0.39, 0.29) is 18.3 Å². The quantitative estimate of drug-likeness (QED) is 0.800. The molecule has 1 amide bonds. The van der Waals surface area contributed by atoms with Crippen molar-refractivity contribution in [2.45, 2.75) is 39.8 Å². The van der Waals surface area contributed by atoms with E-state index < -0.39 is 6.04 Å². The normalized spacial score (nSPS) is 18.2. The highest BCUT2D eigenvalue weighted by molar-refractivity contribution is 5.87. The Labute approximate surface area is 143 Å². The Morgan fingerprint density at radius 3 is 2.75 bits per heavy atom. The van der Waals surface area contributed by atoms with Gasteiger partial charge in [-0.15, -0.1) is 0 Å². The second-order valence-electron chi connectivity index (χ2n) is 5.96. The molecule has 1 aliphatic rings. The fraction of sp³-hybridized carbons (Fsp3) is 0.556. The van der Waals surface area contributed by atoms with Crippen molar-refractivity contribution in [3.05, 3.63) is 28.8 Å². The van der Waals surface area contributed by atoms with Crippen LogP contribution in [0.4, 0.5) is 0 Å². The van der Waals surface area contributed by atoms with Crippen LogP contribution in [-0.2, 0) is 20.9 Å². The van der Waals surface area contributed by atoms with Crippen molar-refractivity contribution >= 4 is 11.9 Å². The van der Waals surface area contributed by atoms with Crippen LogP contribution in [0.25, 0.3) is 0 Å². The van der Waals surface area contributed by atoms with E-state index in [2.05, 4.69) is 12.2 Å². The number of benzene rings is 1. The van der Waals surface area contributed by atoms with Crippen molar-refractivity contribution in [3.63, 3.8) is 0 Å². The summed E-state index contributed by atoms with van der Waals surface area (Å²) in [5.41, 5.74) is 3.38. The molecule has 0 bridgehead atoms. The van der Waals surface area contributed by atoms with E-state index >= 15 is 0 Å². The highest BCUT2D eigenvalue weighted by atomic mass is 16.5. The molecule has 0 aliphatic carbocycles. The van der Waals surface area contributed by atoms with Crippen LogP contribution in [0.2, 0.25) is 0 Å². The summed E-state index contributed by atoms with van der Waals surface area (Å²) in [4.78, 5) is 26.1. The highest BCUT2D eigenvalue weighted by Crippen LogP contribution is 2.26. The second kappa shape index (κ2) is 8.15. The minimum atomic E-state index is -0.486. The Balaban J connectivity index is 2.17. The van der Waals surface area contributed by atoms with Gasteiger partial charge in [-0.05, 0) is 43.5 Å². The highest BCUT2D eigenvalue weighted by Gasteiger charge is 2.32. The van der Waals surface area contributed by atoms with Crippen molar-refractivity contribution in [2.75, 3.05) is 26.8 Å². The van der Waals surface area contributed by atoms with Crippen LogP contribution >= 0.6 is 0 Å². The molecule has 1 unspecified atom stereocenters. The maximum atomic E-state index is 12.2. The molecule has 0 spiro atoms. The van der Waals surface area contributed by atoms with Crippen LogP contribution in [0, 0.1) is 13.8 Å². The van der Waals surface area contributed by atoms with Gasteiger partial charge in [0.05, 0.1) is 20.1 Å². The van der Waals surface area contributed by atoms with Crippen LogP contribution in [0.5, 0.6) is 5.75 Å². The van der Waals surface area contributed by atoms with Crippen LogP contribution in [-0.4, -0.2) is 49.6 Å².